The van der Waals surface area contributed by atoms with Crippen LogP contribution in [0.3, 0.4) is 0 Å². The van der Waals surface area contributed by atoms with Gasteiger partial charge in [-0.1, -0.05) is 18.2 Å². The number of aryl methyl sites for hydroxylation is 1. The summed E-state index contributed by atoms with van der Waals surface area (Å²) in [4.78, 5) is 35.8. The quantitative estimate of drug-likeness (QED) is 0.558. The number of imide groups is 1. The van der Waals surface area contributed by atoms with Crippen molar-refractivity contribution in [3.63, 3.8) is 0 Å². The number of aromatic amines is 1. The molecule has 0 saturated carbocycles. The van der Waals surface area contributed by atoms with E-state index in [4.69, 9.17) is 0 Å². The molecule has 7 nitrogen and oxygen atoms in total. The number of carbonyl (C=O) groups is 2. The van der Waals surface area contributed by atoms with E-state index in [1.54, 1.807) is 24.5 Å². The van der Waals surface area contributed by atoms with Crippen LogP contribution in [0.4, 0.5) is 5.69 Å². The van der Waals surface area contributed by atoms with Crippen molar-refractivity contribution in [2.24, 2.45) is 0 Å². The lowest BCUT2D eigenvalue weighted by Gasteiger charge is -2.16. The highest BCUT2D eigenvalue weighted by molar-refractivity contribution is 6.38. The molecule has 0 fully saturated rings. The maximum atomic E-state index is 13.3. The maximum Gasteiger partial charge on any atom is 0.267 e. The summed E-state index contributed by atoms with van der Waals surface area (Å²) in [6.07, 6.45) is 4.74. The topological polar surface area (TPSA) is 91.8 Å². The first-order chi connectivity index (χ1) is 13.2. The molecule has 0 aliphatic carbocycles. The van der Waals surface area contributed by atoms with Gasteiger partial charge in [-0.25, -0.2) is 9.88 Å². The van der Waals surface area contributed by atoms with Crippen molar-refractivity contribution in [3.05, 3.63) is 71.7 Å². The lowest BCUT2D eigenvalue weighted by molar-refractivity contribution is 0.0926. The van der Waals surface area contributed by atoms with Crippen LogP contribution in [-0.2, 0) is 0 Å². The highest BCUT2D eigenvalue weighted by Crippen LogP contribution is 2.36. The number of pyridine rings is 2. The van der Waals surface area contributed by atoms with E-state index >= 15 is 0 Å². The lowest BCUT2D eigenvalue weighted by atomic mass is 10.0. The average molecular weight is 355 g/mol. The Morgan fingerprint density at radius 2 is 1.78 bits per heavy atom. The molecule has 2 amide bonds. The summed E-state index contributed by atoms with van der Waals surface area (Å²) in [5.74, 6) is -0.742. The molecule has 1 N–H and O–H groups in total. The first-order valence-electron chi connectivity index (χ1n) is 8.38. The van der Waals surface area contributed by atoms with Gasteiger partial charge in [0.1, 0.15) is 0 Å². The molecule has 130 valence electrons. The Hall–Kier alpha value is -3.87. The molecule has 4 heterocycles. The van der Waals surface area contributed by atoms with Crippen molar-refractivity contribution >= 4 is 28.5 Å². The molecular formula is C20H13N5O2. The molecule has 0 radical (unpaired) electrons. The van der Waals surface area contributed by atoms with Crippen LogP contribution >= 0.6 is 0 Å². The van der Waals surface area contributed by atoms with Crippen LogP contribution in [0.25, 0.3) is 22.3 Å². The number of hydrogen-bond donors (Lipinski definition) is 1. The maximum absolute atomic E-state index is 13.3. The van der Waals surface area contributed by atoms with Gasteiger partial charge in [0.15, 0.2) is 5.65 Å². The monoisotopic (exact) mass is 355 g/mol. The average Bonchev–Trinajstić information content (AvgIpc) is 3.23. The molecule has 7 heteroatoms. The summed E-state index contributed by atoms with van der Waals surface area (Å²) >= 11 is 0. The third-order valence-electron chi connectivity index (χ3n) is 4.76. The van der Waals surface area contributed by atoms with Crippen LogP contribution in [-0.4, -0.2) is 32.0 Å². The van der Waals surface area contributed by atoms with Gasteiger partial charge in [0.05, 0.1) is 27.9 Å². The zero-order valence-corrected chi connectivity index (χ0v) is 14.3. The number of hydrogen-bond acceptors (Lipinski definition) is 5. The molecule has 1 aromatic carbocycles. The Bertz CT molecular complexity index is 1230. The van der Waals surface area contributed by atoms with Crippen molar-refractivity contribution in [1.29, 1.82) is 0 Å². The summed E-state index contributed by atoms with van der Waals surface area (Å²) < 4.78 is 0. The third kappa shape index (κ3) is 2.11. The van der Waals surface area contributed by atoms with Gasteiger partial charge in [0.2, 0.25) is 0 Å². The van der Waals surface area contributed by atoms with Crippen LogP contribution in [0.2, 0.25) is 0 Å². The van der Waals surface area contributed by atoms with Crippen LogP contribution in [0.15, 0.2) is 55.0 Å². The number of aromatic nitrogens is 4. The summed E-state index contributed by atoms with van der Waals surface area (Å²) in [7, 11) is 0. The minimum atomic E-state index is -0.374. The van der Waals surface area contributed by atoms with Crippen LogP contribution in [0, 0.1) is 6.92 Å². The van der Waals surface area contributed by atoms with Crippen molar-refractivity contribution in [1.82, 2.24) is 20.2 Å². The molecule has 1 aliphatic rings. The molecule has 0 bridgehead atoms. The third-order valence-corrected chi connectivity index (χ3v) is 4.76. The Morgan fingerprint density at radius 1 is 1.00 bits per heavy atom. The van der Waals surface area contributed by atoms with Crippen LogP contribution < -0.4 is 4.90 Å². The number of fused-ring (bicyclic) bond motifs is 3. The molecule has 5 rings (SSSR count). The molecule has 0 saturated heterocycles. The molecule has 0 unspecified atom stereocenters. The molecule has 0 spiro atoms. The fraction of sp³-hybridized carbons (Fsp3) is 0.0500. The highest BCUT2D eigenvalue weighted by Gasteiger charge is 2.40. The Morgan fingerprint density at radius 3 is 2.56 bits per heavy atom. The number of rotatable bonds is 2. The minimum absolute atomic E-state index is 0.285. The Balaban J connectivity index is 1.77. The van der Waals surface area contributed by atoms with E-state index in [2.05, 4.69) is 20.2 Å². The second-order valence-corrected chi connectivity index (χ2v) is 6.31. The second-order valence-electron chi connectivity index (χ2n) is 6.31. The largest absolute Gasteiger partial charge is 0.275 e. The van der Waals surface area contributed by atoms with Gasteiger partial charge in [0, 0.05) is 24.2 Å². The van der Waals surface area contributed by atoms with Gasteiger partial charge in [-0.3, -0.25) is 19.7 Å². The fourth-order valence-electron chi connectivity index (χ4n) is 3.46. The van der Waals surface area contributed by atoms with Gasteiger partial charge >= 0.3 is 0 Å². The zero-order valence-electron chi connectivity index (χ0n) is 14.3. The predicted octanol–water partition coefficient (Wildman–Crippen LogP) is 3.13. The summed E-state index contributed by atoms with van der Waals surface area (Å²) in [6, 6.07) is 10.9. The van der Waals surface area contributed by atoms with E-state index in [1.165, 1.54) is 11.1 Å². The smallest absolute Gasteiger partial charge is 0.267 e. The number of nitrogens with one attached hydrogen (secondary N) is 1. The van der Waals surface area contributed by atoms with Crippen molar-refractivity contribution < 1.29 is 9.59 Å². The molecule has 4 aromatic rings. The second kappa shape index (κ2) is 5.57. The molecule has 27 heavy (non-hydrogen) atoms. The van der Waals surface area contributed by atoms with E-state index in [-0.39, 0.29) is 17.4 Å². The Kier molecular flexibility index (Phi) is 3.17. The highest BCUT2D eigenvalue weighted by atomic mass is 16.2. The number of nitrogens with zero attached hydrogens (tertiary/aromatic N) is 4. The van der Waals surface area contributed by atoms with Gasteiger partial charge in [-0.15, -0.1) is 0 Å². The number of benzene rings is 1. The van der Waals surface area contributed by atoms with Crippen LogP contribution in [0.5, 0.6) is 0 Å². The first kappa shape index (κ1) is 15.4. The predicted molar refractivity (Wildman–Crippen MR) is 99.4 cm³/mol. The summed E-state index contributed by atoms with van der Waals surface area (Å²) in [5.41, 5.74) is 3.89. The van der Waals surface area contributed by atoms with Gasteiger partial charge in [-0.2, -0.15) is 5.10 Å². The normalized spacial score (nSPS) is 13.4. The van der Waals surface area contributed by atoms with Gasteiger partial charge in [0.25, 0.3) is 11.8 Å². The van der Waals surface area contributed by atoms with E-state index in [0.29, 0.717) is 28.0 Å². The van der Waals surface area contributed by atoms with E-state index < -0.39 is 0 Å². The number of carbonyl (C=O) groups excluding carboxylic acids is 2. The Labute approximate surface area is 153 Å². The van der Waals surface area contributed by atoms with E-state index in [1.807, 2.05) is 31.2 Å². The minimum Gasteiger partial charge on any atom is -0.275 e. The number of H-pyrrole nitrogens is 1. The van der Waals surface area contributed by atoms with Crippen LogP contribution in [0.1, 0.15) is 26.3 Å². The van der Waals surface area contributed by atoms with Crippen molar-refractivity contribution in [2.75, 3.05) is 4.90 Å². The molecule has 3 aromatic heterocycles. The van der Waals surface area contributed by atoms with Gasteiger partial charge in [-0.05, 0) is 30.7 Å². The van der Waals surface area contributed by atoms with E-state index in [0.717, 1.165) is 11.1 Å². The lowest BCUT2D eigenvalue weighted by Crippen LogP contribution is -2.30. The number of amides is 2. The summed E-state index contributed by atoms with van der Waals surface area (Å²) in [6.45, 7) is 1.87. The van der Waals surface area contributed by atoms with Crippen molar-refractivity contribution in [2.45, 2.75) is 6.92 Å². The van der Waals surface area contributed by atoms with Crippen molar-refractivity contribution in [3.8, 4) is 11.3 Å². The fourth-order valence-corrected chi connectivity index (χ4v) is 3.46. The number of para-hydroxylation sites is 1. The first-order valence-corrected chi connectivity index (χ1v) is 8.38. The standard InChI is InChI=1S/C20H13N5O2/c1-11-4-2-3-5-14(11)25-19(26)13-10-22-18-16(15(13)20(25)27)17(23-24-18)12-6-8-21-9-7-12/h2-10H,1H3,(H,22,23,24). The molecular weight excluding hydrogens is 342 g/mol. The molecule has 0 atom stereocenters. The zero-order chi connectivity index (χ0) is 18.5. The van der Waals surface area contributed by atoms with E-state index in [9.17, 15) is 9.59 Å². The molecule has 1 aliphatic heterocycles. The SMILES string of the molecule is Cc1ccccc1N1C(=O)c2cnc3n[nH]c(-c4ccncc4)c3c2C1=O. The number of anilines is 1. The van der Waals surface area contributed by atoms with Gasteiger partial charge < -0.3 is 0 Å². The summed E-state index contributed by atoms with van der Waals surface area (Å²) in [5, 5.41) is 7.70.